The standard InChI is InChI=1S/C13H13BrNO/c1-9-2-4-12-10(6-9)3-5-13-15(12)8-11(7-14)16-13/h2-6,11H,7-8H2,1H3/q+1. The van der Waals surface area contributed by atoms with Crippen LogP contribution in [0.4, 0.5) is 0 Å². The molecular formula is C13H13BrNO+. The smallest absolute Gasteiger partial charge is 0.368 e. The molecule has 16 heavy (non-hydrogen) atoms. The maximum absolute atomic E-state index is 5.81. The van der Waals surface area contributed by atoms with Crippen molar-refractivity contribution in [2.45, 2.75) is 19.6 Å². The van der Waals surface area contributed by atoms with Crippen LogP contribution < -0.4 is 9.30 Å². The zero-order valence-corrected chi connectivity index (χ0v) is 10.7. The molecule has 82 valence electrons. The van der Waals surface area contributed by atoms with Gasteiger partial charge in [0.25, 0.3) is 0 Å². The van der Waals surface area contributed by atoms with Crippen molar-refractivity contribution in [1.82, 2.24) is 0 Å². The van der Waals surface area contributed by atoms with Crippen molar-refractivity contribution < 1.29 is 9.30 Å². The maximum atomic E-state index is 5.81. The largest absolute Gasteiger partial charge is 0.433 e. The van der Waals surface area contributed by atoms with Gasteiger partial charge in [-0.05, 0) is 19.1 Å². The van der Waals surface area contributed by atoms with Crippen LogP contribution in [0.5, 0.6) is 5.88 Å². The molecule has 0 bridgehead atoms. The quantitative estimate of drug-likeness (QED) is 0.577. The lowest BCUT2D eigenvalue weighted by Gasteiger charge is -1.98. The van der Waals surface area contributed by atoms with E-state index in [1.54, 1.807) is 0 Å². The predicted molar refractivity (Wildman–Crippen MR) is 67.1 cm³/mol. The third-order valence-electron chi connectivity index (χ3n) is 2.99. The molecule has 1 atom stereocenters. The van der Waals surface area contributed by atoms with Gasteiger partial charge in [0.15, 0.2) is 12.6 Å². The molecule has 0 saturated heterocycles. The van der Waals surface area contributed by atoms with Gasteiger partial charge in [-0.3, -0.25) is 0 Å². The Morgan fingerprint density at radius 2 is 2.25 bits per heavy atom. The minimum absolute atomic E-state index is 0.256. The number of halogens is 1. The number of ether oxygens (including phenoxy) is 1. The third kappa shape index (κ3) is 1.50. The average molecular weight is 279 g/mol. The van der Waals surface area contributed by atoms with Gasteiger partial charge in [0, 0.05) is 16.8 Å². The second kappa shape index (κ2) is 3.74. The van der Waals surface area contributed by atoms with Crippen molar-refractivity contribution >= 4 is 26.8 Å². The van der Waals surface area contributed by atoms with Crippen LogP contribution in [-0.2, 0) is 6.54 Å². The molecule has 0 fully saturated rings. The number of alkyl halides is 1. The van der Waals surface area contributed by atoms with Gasteiger partial charge < -0.3 is 4.74 Å². The maximum Gasteiger partial charge on any atom is 0.368 e. The first-order valence-electron chi connectivity index (χ1n) is 5.44. The van der Waals surface area contributed by atoms with E-state index in [1.165, 1.54) is 16.5 Å². The summed E-state index contributed by atoms with van der Waals surface area (Å²) in [6.45, 7) is 3.05. The van der Waals surface area contributed by atoms with Gasteiger partial charge in [-0.2, -0.15) is 4.57 Å². The van der Waals surface area contributed by atoms with Crippen molar-refractivity contribution in [3.05, 3.63) is 35.9 Å². The van der Waals surface area contributed by atoms with Gasteiger partial charge in [-0.25, -0.2) is 0 Å². The first kappa shape index (κ1) is 10.1. The average Bonchev–Trinajstić information content (AvgIpc) is 2.71. The highest BCUT2D eigenvalue weighted by molar-refractivity contribution is 9.09. The van der Waals surface area contributed by atoms with E-state index in [2.05, 4.69) is 57.8 Å². The lowest BCUT2D eigenvalue weighted by Crippen LogP contribution is -2.33. The Morgan fingerprint density at radius 1 is 1.38 bits per heavy atom. The van der Waals surface area contributed by atoms with Gasteiger partial charge in [-0.15, -0.1) is 0 Å². The fraction of sp³-hybridized carbons (Fsp3) is 0.308. The SMILES string of the molecule is Cc1ccc2c(ccc3[n+]2CC(CBr)O3)c1. The Bertz CT molecular complexity index is 553. The van der Waals surface area contributed by atoms with E-state index >= 15 is 0 Å². The summed E-state index contributed by atoms with van der Waals surface area (Å²) in [7, 11) is 0. The normalized spacial score (nSPS) is 18.5. The summed E-state index contributed by atoms with van der Waals surface area (Å²) in [5, 5.41) is 2.16. The molecule has 3 rings (SSSR count). The van der Waals surface area contributed by atoms with Crippen LogP contribution in [0.1, 0.15) is 5.56 Å². The van der Waals surface area contributed by atoms with Gasteiger partial charge >= 0.3 is 5.88 Å². The number of pyridine rings is 1. The second-order valence-electron chi connectivity index (χ2n) is 4.24. The topological polar surface area (TPSA) is 13.1 Å². The number of hydrogen-bond acceptors (Lipinski definition) is 1. The van der Waals surface area contributed by atoms with Crippen molar-refractivity contribution in [2.75, 3.05) is 5.33 Å². The van der Waals surface area contributed by atoms with Crippen LogP contribution in [0.15, 0.2) is 30.3 Å². The molecule has 1 aromatic heterocycles. The number of hydrogen-bond donors (Lipinski definition) is 0. The first-order valence-corrected chi connectivity index (χ1v) is 6.56. The third-order valence-corrected chi connectivity index (χ3v) is 3.71. The van der Waals surface area contributed by atoms with E-state index in [0.29, 0.717) is 0 Å². The van der Waals surface area contributed by atoms with Crippen LogP contribution in [0.25, 0.3) is 10.9 Å². The van der Waals surface area contributed by atoms with Crippen molar-refractivity contribution in [1.29, 1.82) is 0 Å². The summed E-state index contributed by atoms with van der Waals surface area (Å²) in [5.41, 5.74) is 2.55. The molecule has 0 spiro atoms. The Labute approximate surface area is 103 Å². The number of rotatable bonds is 1. The number of nitrogens with zero attached hydrogens (tertiary/aromatic N) is 1. The Morgan fingerprint density at radius 3 is 3.06 bits per heavy atom. The van der Waals surface area contributed by atoms with Gasteiger partial charge in [-0.1, -0.05) is 27.6 Å². The molecule has 0 radical (unpaired) electrons. The van der Waals surface area contributed by atoms with Gasteiger partial charge in [0.05, 0.1) is 6.07 Å². The van der Waals surface area contributed by atoms with E-state index in [-0.39, 0.29) is 6.10 Å². The predicted octanol–water partition coefficient (Wildman–Crippen LogP) is 2.59. The van der Waals surface area contributed by atoms with Gasteiger partial charge in [0.1, 0.15) is 0 Å². The van der Waals surface area contributed by atoms with Crippen LogP contribution in [0.3, 0.4) is 0 Å². The Balaban J connectivity index is 2.20. The molecule has 0 N–H and O–H groups in total. The molecule has 1 aromatic carbocycles. The molecule has 0 amide bonds. The molecule has 1 unspecified atom stereocenters. The molecular weight excluding hydrogens is 266 g/mol. The molecule has 2 nitrogen and oxygen atoms in total. The fourth-order valence-electron chi connectivity index (χ4n) is 2.21. The monoisotopic (exact) mass is 278 g/mol. The highest BCUT2D eigenvalue weighted by Gasteiger charge is 2.31. The molecule has 2 aromatic rings. The second-order valence-corrected chi connectivity index (χ2v) is 4.89. The number of fused-ring (bicyclic) bond motifs is 3. The summed E-state index contributed by atoms with van der Waals surface area (Å²) in [6, 6.07) is 10.7. The van der Waals surface area contributed by atoms with E-state index in [4.69, 9.17) is 4.74 Å². The zero-order chi connectivity index (χ0) is 11.1. The number of benzene rings is 1. The number of aryl methyl sites for hydroxylation is 1. The fourth-order valence-corrected chi connectivity index (χ4v) is 2.54. The summed E-state index contributed by atoms with van der Waals surface area (Å²) >= 11 is 3.47. The van der Waals surface area contributed by atoms with Crippen LogP contribution >= 0.6 is 15.9 Å². The molecule has 0 aliphatic carbocycles. The number of aromatic nitrogens is 1. The first-order chi connectivity index (χ1) is 7.78. The van der Waals surface area contributed by atoms with Crippen molar-refractivity contribution in [3.8, 4) is 5.88 Å². The van der Waals surface area contributed by atoms with E-state index in [0.717, 1.165) is 17.8 Å². The molecule has 1 aliphatic heterocycles. The summed E-state index contributed by atoms with van der Waals surface area (Å²) in [6.07, 6.45) is 0.256. The molecule has 2 heterocycles. The molecule has 3 heteroatoms. The Kier molecular flexibility index (Phi) is 2.36. The van der Waals surface area contributed by atoms with Crippen molar-refractivity contribution in [3.63, 3.8) is 0 Å². The summed E-state index contributed by atoms with van der Waals surface area (Å²) in [4.78, 5) is 0. The minimum atomic E-state index is 0.256. The van der Waals surface area contributed by atoms with E-state index in [9.17, 15) is 0 Å². The highest BCUT2D eigenvalue weighted by atomic mass is 79.9. The zero-order valence-electron chi connectivity index (χ0n) is 9.11. The summed E-state index contributed by atoms with van der Waals surface area (Å²) < 4.78 is 8.06. The van der Waals surface area contributed by atoms with Gasteiger partial charge in [0.2, 0.25) is 5.52 Å². The lowest BCUT2D eigenvalue weighted by molar-refractivity contribution is -0.655. The molecule has 0 saturated carbocycles. The minimum Gasteiger partial charge on any atom is -0.433 e. The summed E-state index contributed by atoms with van der Waals surface area (Å²) in [5.74, 6) is 0.973. The lowest BCUT2D eigenvalue weighted by atomic mass is 10.1. The van der Waals surface area contributed by atoms with E-state index < -0.39 is 0 Å². The Hall–Kier alpha value is -1.09. The van der Waals surface area contributed by atoms with E-state index in [1.807, 2.05) is 0 Å². The van der Waals surface area contributed by atoms with Crippen LogP contribution in [0.2, 0.25) is 0 Å². The molecule has 1 aliphatic rings. The van der Waals surface area contributed by atoms with Crippen molar-refractivity contribution in [2.24, 2.45) is 0 Å². The highest BCUT2D eigenvalue weighted by Crippen LogP contribution is 2.21. The van der Waals surface area contributed by atoms with Crippen LogP contribution in [-0.4, -0.2) is 11.4 Å². The van der Waals surface area contributed by atoms with Crippen LogP contribution in [0, 0.1) is 6.92 Å².